The summed E-state index contributed by atoms with van der Waals surface area (Å²) in [5.41, 5.74) is -1.98. The van der Waals surface area contributed by atoms with Gasteiger partial charge >= 0.3 is 12.1 Å². The van der Waals surface area contributed by atoms with Crippen molar-refractivity contribution in [3.8, 4) is 0 Å². The van der Waals surface area contributed by atoms with Crippen molar-refractivity contribution >= 4 is 12.1 Å². The Morgan fingerprint density at radius 1 is 1.12 bits per heavy atom. The van der Waals surface area contributed by atoms with Gasteiger partial charge in [0.15, 0.2) is 6.10 Å². The molecule has 0 aromatic rings. The van der Waals surface area contributed by atoms with Gasteiger partial charge in [0.25, 0.3) is 0 Å². The summed E-state index contributed by atoms with van der Waals surface area (Å²) in [6.45, 7) is 15.3. The summed E-state index contributed by atoms with van der Waals surface area (Å²) in [7, 11) is 0. The molecule has 1 unspecified atom stereocenters. The molecule has 0 bridgehead atoms. The first kappa shape index (κ1) is 43.1. The molecule has 1 aliphatic carbocycles. The van der Waals surface area contributed by atoms with E-state index in [1.54, 1.807) is 49.1 Å². The molecule has 3 rings (SSSR count). The molecule has 0 aromatic carbocycles. The summed E-state index contributed by atoms with van der Waals surface area (Å²) >= 11 is 0. The van der Waals surface area contributed by atoms with Crippen LogP contribution < -0.4 is 0 Å². The van der Waals surface area contributed by atoms with E-state index in [2.05, 4.69) is 4.90 Å². The second-order valence-corrected chi connectivity index (χ2v) is 15.8. The van der Waals surface area contributed by atoms with Gasteiger partial charge in [0, 0.05) is 44.6 Å². The summed E-state index contributed by atoms with van der Waals surface area (Å²) in [6.07, 6.45) is 12.6. The van der Waals surface area contributed by atoms with E-state index >= 15 is 0 Å². The van der Waals surface area contributed by atoms with Crippen molar-refractivity contribution in [1.29, 1.82) is 0 Å². The molecule has 0 aromatic heterocycles. The lowest BCUT2D eigenvalue weighted by atomic mass is 9.88. The fourth-order valence-electron chi connectivity index (χ4n) is 7.52. The van der Waals surface area contributed by atoms with Gasteiger partial charge < -0.3 is 39.5 Å². The summed E-state index contributed by atoms with van der Waals surface area (Å²) < 4.78 is 17.8. The maximum atomic E-state index is 13.5. The lowest BCUT2D eigenvalue weighted by molar-refractivity contribution is -0.151. The number of piperazine rings is 1. The fourth-order valence-corrected chi connectivity index (χ4v) is 7.52. The van der Waals surface area contributed by atoms with E-state index in [9.17, 15) is 30.0 Å². The number of carbonyl (C=O) groups excluding carboxylic acids is 2. The molecular weight excluding hydrogens is 652 g/mol. The highest BCUT2D eigenvalue weighted by atomic mass is 16.6. The number of rotatable bonds is 11. The Morgan fingerprint density at radius 2 is 1.76 bits per heavy atom. The Bertz CT molecular complexity index is 1170. The molecule has 1 amide bonds. The topological polar surface area (TPSA) is 149 Å². The van der Waals surface area contributed by atoms with Gasteiger partial charge in [-0.25, -0.2) is 4.79 Å². The van der Waals surface area contributed by atoms with Crippen molar-refractivity contribution in [3.63, 3.8) is 0 Å². The third-order valence-electron chi connectivity index (χ3n) is 10.8. The van der Waals surface area contributed by atoms with Crippen LogP contribution in [-0.2, 0) is 19.0 Å². The van der Waals surface area contributed by atoms with Gasteiger partial charge in [-0.1, -0.05) is 63.8 Å². The molecule has 11 heteroatoms. The molecule has 292 valence electrons. The van der Waals surface area contributed by atoms with Crippen molar-refractivity contribution in [1.82, 2.24) is 9.80 Å². The first-order valence-corrected chi connectivity index (χ1v) is 19.4. The third kappa shape index (κ3) is 14.2. The number of ether oxygens (including phenoxy) is 3. The molecule has 0 spiro atoms. The van der Waals surface area contributed by atoms with Crippen LogP contribution in [0, 0.1) is 5.92 Å². The van der Waals surface area contributed by atoms with Crippen LogP contribution in [0.2, 0.25) is 0 Å². The zero-order valence-electron chi connectivity index (χ0n) is 32.3. The van der Waals surface area contributed by atoms with Crippen molar-refractivity contribution in [3.05, 3.63) is 36.0 Å². The van der Waals surface area contributed by atoms with Crippen molar-refractivity contribution in [2.24, 2.45) is 5.92 Å². The van der Waals surface area contributed by atoms with Crippen LogP contribution in [0.15, 0.2) is 36.0 Å². The number of amides is 1. The van der Waals surface area contributed by atoms with Crippen molar-refractivity contribution < 1.29 is 44.2 Å². The zero-order chi connectivity index (χ0) is 37.8. The lowest BCUT2D eigenvalue weighted by Gasteiger charge is -2.40. The zero-order valence-corrected chi connectivity index (χ0v) is 32.3. The standard InChI is InChI=1S/C40H68N2O9/c1-8-34(44)31(5)49-30(4)27-39(6,47)20-13-14-28(2)37-29(3)17-18-35(40(7,48)21-19-33(43)26-36(45)51-37)50-38(46)42-24-22-41(23-25-42)32-15-11-9-10-12-16-32/h13-14,17-18,20,29-35,37,43-44,47-48H,8-12,15-16,19,21-27H2,1-7H3/b18-17+,20-13+,28-14+/t29-,30-,31+,33+,34-,35-,37+,39?,40+/m0/s1. The van der Waals surface area contributed by atoms with E-state index in [0.717, 1.165) is 13.1 Å². The van der Waals surface area contributed by atoms with E-state index < -0.39 is 47.7 Å². The summed E-state index contributed by atoms with van der Waals surface area (Å²) in [5.74, 6) is -0.937. The van der Waals surface area contributed by atoms with E-state index in [4.69, 9.17) is 14.2 Å². The van der Waals surface area contributed by atoms with Crippen LogP contribution in [0.3, 0.4) is 0 Å². The number of carbonyl (C=O) groups is 2. The molecule has 1 saturated carbocycles. The highest BCUT2D eigenvalue weighted by molar-refractivity contribution is 5.70. The monoisotopic (exact) mass is 720 g/mol. The molecular formula is C40H68N2O9. The van der Waals surface area contributed by atoms with E-state index in [0.29, 0.717) is 37.5 Å². The predicted molar refractivity (Wildman–Crippen MR) is 198 cm³/mol. The second kappa shape index (κ2) is 20.3. The quantitative estimate of drug-likeness (QED) is 0.0941. The summed E-state index contributed by atoms with van der Waals surface area (Å²) in [4.78, 5) is 30.6. The normalized spacial score (nSPS) is 32.1. The Hall–Kier alpha value is -2.28. The molecule has 0 radical (unpaired) electrons. The van der Waals surface area contributed by atoms with E-state index in [-0.39, 0.29) is 37.4 Å². The minimum atomic E-state index is -1.49. The maximum absolute atomic E-state index is 13.5. The maximum Gasteiger partial charge on any atom is 0.410 e. The Balaban J connectivity index is 1.71. The number of esters is 1. The first-order chi connectivity index (χ1) is 24.0. The van der Waals surface area contributed by atoms with Crippen LogP contribution in [0.1, 0.15) is 119 Å². The highest BCUT2D eigenvalue weighted by Crippen LogP contribution is 2.29. The van der Waals surface area contributed by atoms with Gasteiger partial charge in [0.05, 0.1) is 36.4 Å². The minimum Gasteiger partial charge on any atom is -0.457 e. The van der Waals surface area contributed by atoms with Gasteiger partial charge in [-0.15, -0.1) is 0 Å². The number of hydrogen-bond donors (Lipinski definition) is 4. The van der Waals surface area contributed by atoms with Crippen LogP contribution in [0.25, 0.3) is 0 Å². The van der Waals surface area contributed by atoms with Crippen molar-refractivity contribution in [2.45, 2.75) is 173 Å². The average Bonchev–Trinajstić information content (AvgIpc) is 3.36. The number of aliphatic hydroxyl groups excluding tert-OH is 2. The molecule has 2 heterocycles. The van der Waals surface area contributed by atoms with Gasteiger partial charge in [0.2, 0.25) is 0 Å². The number of cyclic esters (lactones) is 1. The first-order valence-electron chi connectivity index (χ1n) is 19.4. The number of hydrogen-bond acceptors (Lipinski definition) is 10. The number of nitrogens with zero attached hydrogens (tertiary/aromatic N) is 2. The molecule has 51 heavy (non-hydrogen) atoms. The molecule has 2 fully saturated rings. The fraction of sp³-hybridized carbons (Fsp3) is 0.800. The predicted octanol–water partition coefficient (Wildman–Crippen LogP) is 5.44. The van der Waals surface area contributed by atoms with Crippen LogP contribution in [-0.4, -0.2) is 122 Å². The minimum absolute atomic E-state index is 0.114. The average molecular weight is 721 g/mol. The summed E-state index contributed by atoms with van der Waals surface area (Å²) in [5, 5.41) is 43.3. The smallest absolute Gasteiger partial charge is 0.410 e. The van der Waals surface area contributed by atoms with Crippen LogP contribution >= 0.6 is 0 Å². The Labute approximate surface area is 306 Å². The largest absolute Gasteiger partial charge is 0.457 e. The third-order valence-corrected chi connectivity index (χ3v) is 10.8. The molecule has 11 nitrogen and oxygen atoms in total. The lowest BCUT2D eigenvalue weighted by Crippen LogP contribution is -2.53. The van der Waals surface area contributed by atoms with Gasteiger partial charge in [-0.05, 0) is 78.4 Å². The van der Waals surface area contributed by atoms with E-state index in [1.807, 2.05) is 34.6 Å². The van der Waals surface area contributed by atoms with Crippen LogP contribution in [0.4, 0.5) is 4.79 Å². The van der Waals surface area contributed by atoms with Crippen LogP contribution in [0.5, 0.6) is 0 Å². The molecule has 9 atom stereocenters. The molecule has 2 aliphatic heterocycles. The molecule has 4 N–H and O–H groups in total. The summed E-state index contributed by atoms with van der Waals surface area (Å²) in [6, 6.07) is 0.579. The second-order valence-electron chi connectivity index (χ2n) is 15.8. The Morgan fingerprint density at radius 3 is 2.39 bits per heavy atom. The number of allylic oxidation sites excluding steroid dienone is 2. The van der Waals surface area contributed by atoms with Gasteiger partial charge in [0.1, 0.15) is 11.7 Å². The SMILES string of the molecule is CC[C@H](O)[C@@H](C)O[C@@H](C)CC(C)(O)/C=C/C=C(\C)[C@H]1OC(=O)C[C@H](O)CC[C@@](C)(O)[C@@H](OC(=O)N2CCN(C3CCCCCC3)CC2)/C=C/[C@@H]1C. The van der Waals surface area contributed by atoms with Gasteiger partial charge in [-0.2, -0.15) is 0 Å². The molecule has 1 saturated heterocycles. The molecule has 3 aliphatic rings. The van der Waals surface area contributed by atoms with Gasteiger partial charge in [-0.3, -0.25) is 9.69 Å². The van der Waals surface area contributed by atoms with Crippen molar-refractivity contribution in [2.75, 3.05) is 26.2 Å². The highest BCUT2D eigenvalue weighted by Gasteiger charge is 2.37. The Kier molecular flexibility index (Phi) is 17.1. The number of aliphatic hydroxyl groups is 4. The van der Waals surface area contributed by atoms with E-state index in [1.165, 1.54) is 38.5 Å².